The van der Waals surface area contributed by atoms with E-state index in [2.05, 4.69) is 16.6 Å². The second-order valence-corrected chi connectivity index (χ2v) is 7.56. The van der Waals surface area contributed by atoms with Crippen LogP contribution in [0.25, 0.3) is 0 Å². The number of sulfonamides is 1. The average Bonchev–Trinajstić information content (AvgIpc) is 2.46. The first-order valence-corrected chi connectivity index (χ1v) is 9.12. The molecule has 5 nitrogen and oxygen atoms in total. The van der Waals surface area contributed by atoms with Crippen LogP contribution < -0.4 is 9.46 Å². The molecule has 0 amide bonds. The van der Waals surface area contributed by atoms with Gasteiger partial charge in [0.2, 0.25) is 10.0 Å². The summed E-state index contributed by atoms with van der Waals surface area (Å²) < 4.78 is 31.2. The Morgan fingerprint density at radius 1 is 1.12 bits per heavy atom. The van der Waals surface area contributed by atoms with Crippen LogP contribution in [-0.4, -0.2) is 25.4 Å². The van der Waals surface area contributed by atoms with E-state index in [0.29, 0.717) is 22.7 Å². The van der Waals surface area contributed by atoms with Crippen molar-refractivity contribution < 1.29 is 18.3 Å². The van der Waals surface area contributed by atoms with Gasteiger partial charge in [-0.15, -0.1) is 0 Å². The summed E-state index contributed by atoms with van der Waals surface area (Å²) in [5, 5.41) is 9.69. The van der Waals surface area contributed by atoms with Crippen molar-refractivity contribution in [2.45, 2.75) is 19.4 Å². The van der Waals surface area contributed by atoms with E-state index in [1.54, 1.807) is 44.2 Å². The topological polar surface area (TPSA) is 75.6 Å². The number of aliphatic hydroxyl groups is 1. The van der Waals surface area contributed by atoms with Crippen molar-refractivity contribution >= 4 is 15.7 Å². The fraction of sp³-hybridized carbons (Fsp3) is 0.222. The zero-order valence-electron chi connectivity index (χ0n) is 13.7. The molecule has 0 aliphatic rings. The first kappa shape index (κ1) is 17.9. The van der Waals surface area contributed by atoms with Crippen molar-refractivity contribution in [2.75, 3.05) is 11.0 Å². The van der Waals surface area contributed by atoms with Gasteiger partial charge in [0.05, 0.1) is 11.9 Å². The Hall–Kier alpha value is -2.49. The lowest BCUT2D eigenvalue weighted by atomic mass is 10.1. The Balaban J connectivity index is 2.42. The molecular formula is C18H19NO4S. The Labute approximate surface area is 142 Å². The van der Waals surface area contributed by atoms with E-state index in [0.717, 1.165) is 6.26 Å². The number of anilines is 1. The highest BCUT2D eigenvalue weighted by atomic mass is 32.2. The molecule has 0 atom stereocenters. The van der Waals surface area contributed by atoms with Crippen molar-refractivity contribution in [3.8, 4) is 23.3 Å². The van der Waals surface area contributed by atoms with Gasteiger partial charge in [-0.2, -0.15) is 0 Å². The molecule has 0 aliphatic carbocycles. The van der Waals surface area contributed by atoms with Crippen LogP contribution in [-0.2, 0) is 10.0 Å². The zero-order chi connectivity index (χ0) is 17.8. The summed E-state index contributed by atoms with van der Waals surface area (Å²) in [7, 11) is -3.45. The Bertz CT molecular complexity index is 873. The Morgan fingerprint density at radius 3 is 2.38 bits per heavy atom. The highest BCUT2D eigenvalue weighted by Crippen LogP contribution is 2.31. The van der Waals surface area contributed by atoms with Crippen LogP contribution >= 0.6 is 0 Å². The maximum atomic E-state index is 11.5. The first-order chi connectivity index (χ1) is 11.1. The summed E-state index contributed by atoms with van der Waals surface area (Å²) in [6.07, 6.45) is 1.07. The maximum absolute atomic E-state index is 11.5. The van der Waals surface area contributed by atoms with Crippen LogP contribution in [0.4, 0.5) is 5.69 Å². The van der Waals surface area contributed by atoms with E-state index in [1.807, 2.05) is 18.2 Å². The molecule has 2 rings (SSSR count). The number of benzene rings is 2. The van der Waals surface area contributed by atoms with Gasteiger partial charge in [-0.05, 0) is 44.2 Å². The van der Waals surface area contributed by atoms with Gasteiger partial charge in [0.25, 0.3) is 0 Å². The van der Waals surface area contributed by atoms with Gasteiger partial charge >= 0.3 is 0 Å². The third kappa shape index (κ3) is 5.95. The molecule has 0 aromatic heterocycles. The van der Waals surface area contributed by atoms with Gasteiger partial charge in [-0.1, -0.05) is 30.0 Å². The molecule has 0 radical (unpaired) electrons. The largest absolute Gasteiger partial charge is 0.455 e. The van der Waals surface area contributed by atoms with E-state index in [9.17, 15) is 13.5 Å². The summed E-state index contributed by atoms with van der Waals surface area (Å²) in [4.78, 5) is 0. The Kier molecular flexibility index (Phi) is 5.17. The molecule has 0 unspecified atom stereocenters. The molecule has 2 aromatic rings. The second kappa shape index (κ2) is 6.95. The third-order valence-electron chi connectivity index (χ3n) is 2.76. The average molecular weight is 345 g/mol. The van der Waals surface area contributed by atoms with Gasteiger partial charge in [0.1, 0.15) is 11.4 Å². The molecule has 0 saturated carbocycles. The van der Waals surface area contributed by atoms with Crippen LogP contribution in [0.1, 0.15) is 19.4 Å². The lowest BCUT2D eigenvalue weighted by molar-refractivity contribution is 0.143. The minimum absolute atomic E-state index is 0.315. The second-order valence-electron chi connectivity index (χ2n) is 5.81. The fourth-order valence-corrected chi connectivity index (χ4v) is 2.38. The number of hydrogen-bond donors (Lipinski definition) is 2. The van der Waals surface area contributed by atoms with Gasteiger partial charge in [-0.3, -0.25) is 4.72 Å². The Morgan fingerprint density at radius 2 is 1.79 bits per heavy atom. The standard InChI is InChI=1S/C18H19NO4S/c1-18(2,20)12-11-14-9-10-16(19-24(3,21)22)17(13-14)23-15-7-5-4-6-8-15/h4-10,13,19-20H,1-3H3. The lowest BCUT2D eigenvalue weighted by Gasteiger charge is -2.13. The molecule has 0 aliphatic heterocycles. The number of hydrogen-bond acceptors (Lipinski definition) is 4. The number of rotatable bonds is 4. The van der Waals surface area contributed by atoms with E-state index in [-0.39, 0.29) is 0 Å². The smallest absolute Gasteiger partial charge is 0.229 e. The molecular weight excluding hydrogens is 326 g/mol. The van der Waals surface area contributed by atoms with Gasteiger partial charge in [-0.25, -0.2) is 8.42 Å². The zero-order valence-corrected chi connectivity index (χ0v) is 14.5. The summed E-state index contributed by atoms with van der Waals surface area (Å²) in [6, 6.07) is 13.9. The molecule has 0 saturated heterocycles. The van der Waals surface area contributed by atoms with Crippen LogP contribution in [0.3, 0.4) is 0 Å². The first-order valence-electron chi connectivity index (χ1n) is 7.23. The van der Waals surface area contributed by atoms with E-state index < -0.39 is 15.6 Å². The van der Waals surface area contributed by atoms with Crippen molar-refractivity contribution in [3.63, 3.8) is 0 Å². The molecule has 0 fully saturated rings. The van der Waals surface area contributed by atoms with E-state index >= 15 is 0 Å². The normalized spacial score (nSPS) is 11.3. The predicted molar refractivity (Wildman–Crippen MR) is 94.6 cm³/mol. The van der Waals surface area contributed by atoms with Gasteiger partial charge in [0.15, 0.2) is 5.75 Å². The van der Waals surface area contributed by atoms with Crippen molar-refractivity contribution in [1.82, 2.24) is 0 Å². The van der Waals surface area contributed by atoms with Crippen LogP contribution in [0.5, 0.6) is 11.5 Å². The predicted octanol–water partition coefficient (Wildman–Crippen LogP) is 2.97. The van der Waals surface area contributed by atoms with Crippen LogP contribution in [0, 0.1) is 11.8 Å². The van der Waals surface area contributed by atoms with Gasteiger partial charge in [0, 0.05) is 5.56 Å². The number of para-hydroxylation sites is 1. The summed E-state index contributed by atoms with van der Waals surface area (Å²) in [5.74, 6) is 6.45. The minimum atomic E-state index is -3.45. The van der Waals surface area contributed by atoms with Crippen molar-refractivity contribution in [2.24, 2.45) is 0 Å². The SMILES string of the molecule is CC(C)(O)C#Cc1ccc(NS(C)(=O)=O)c(Oc2ccccc2)c1. The van der Waals surface area contributed by atoms with Gasteiger partial charge < -0.3 is 9.84 Å². The summed E-state index contributed by atoms with van der Waals surface area (Å²) in [6.45, 7) is 3.17. The summed E-state index contributed by atoms with van der Waals surface area (Å²) >= 11 is 0. The molecule has 126 valence electrons. The summed E-state index contributed by atoms with van der Waals surface area (Å²) in [5.41, 5.74) is -0.207. The maximum Gasteiger partial charge on any atom is 0.229 e. The van der Waals surface area contributed by atoms with Crippen LogP contribution in [0.2, 0.25) is 0 Å². The molecule has 0 heterocycles. The minimum Gasteiger partial charge on any atom is -0.455 e. The third-order valence-corrected chi connectivity index (χ3v) is 3.35. The van der Waals surface area contributed by atoms with E-state index in [1.165, 1.54) is 0 Å². The van der Waals surface area contributed by atoms with Crippen LogP contribution in [0.15, 0.2) is 48.5 Å². The fourth-order valence-electron chi connectivity index (χ4n) is 1.81. The highest BCUT2D eigenvalue weighted by molar-refractivity contribution is 7.92. The molecule has 2 aromatic carbocycles. The quantitative estimate of drug-likeness (QED) is 0.836. The number of ether oxygens (including phenoxy) is 1. The molecule has 24 heavy (non-hydrogen) atoms. The number of nitrogens with one attached hydrogen (secondary N) is 1. The molecule has 0 spiro atoms. The molecule has 0 bridgehead atoms. The van der Waals surface area contributed by atoms with E-state index in [4.69, 9.17) is 4.74 Å². The van der Waals surface area contributed by atoms with Crippen molar-refractivity contribution in [1.29, 1.82) is 0 Å². The highest BCUT2D eigenvalue weighted by Gasteiger charge is 2.11. The molecule has 2 N–H and O–H groups in total. The molecule has 6 heteroatoms. The lowest BCUT2D eigenvalue weighted by Crippen LogP contribution is -2.14. The monoisotopic (exact) mass is 345 g/mol. The van der Waals surface area contributed by atoms with Crippen molar-refractivity contribution in [3.05, 3.63) is 54.1 Å².